The van der Waals surface area contributed by atoms with Crippen molar-refractivity contribution in [1.82, 2.24) is 15.2 Å². The fraction of sp³-hybridized carbons (Fsp3) is 0.500. The monoisotopic (exact) mass is 356 g/mol. The van der Waals surface area contributed by atoms with E-state index in [1.165, 1.54) is 0 Å². The molecule has 2 amide bonds. The van der Waals surface area contributed by atoms with Crippen molar-refractivity contribution in [3.8, 4) is 5.75 Å². The van der Waals surface area contributed by atoms with Gasteiger partial charge in [0.2, 0.25) is 0 Å². The Balaban J connectivity index is 1.59. The Bertz CT molecular complexity index is 783. The number of anilines is 1. The van der Waals surface area contributed by atoms with E-state index >= 15 is 0 Å². The Morgan fingerprint density at radius 3 is 2.81 bits per heavy atom. The van der Waals surface area contributed by atoms with Gasteiger partial charge >= 0.3 is 6.03 Å². The first-order valence-corrected chi connectivity index (χ1v) is 9.28. The zero-order chi connectivity index (χ0) is 18.7. The lowest BCUT2D eigenvalue weighted by Crippen LogP contribution is -2.47. The number of piperidine rings is 1. The molecular formula is C20H28N4O2. The predicted molar refractivity (Wildman–Crippen MR) is 104 cm³/mol. The summed E-state index contributed by atoms with van der Waals surface area (Å²) in [5.41, 5.74) is 8.65. The second-order valence-corrected chi connectivity index (χ2v) is 7.35. The molecule has 0 saturated carbocycles. The van der Waals surface area contributed by atoms with Gasteiger partial charge in [-0.3, -0.25) is 4.98 Å². The van der Waals surface area contributed by atoms with E-state index in [0.717, 1.165) is 48.3 Å². The van der Waals surface area contributed by atoms with Gasteiger partial charge < -0.3 is 20.7 Å². The first-order valence-electron chi connectivity index (χ1n) is 9.28. The van der Waals surface area contributed by atoms with Crippen LogP contribution in [0.4, 0.5) is 10.5 Å². The molecular weight excluding hydrogens is 328 g/mol. The Kier molecular flexibility index (Phi) is 5.49. The number of urea groups is 1. The number of amides is 2. The first kappa shape index (κ1) is 18.3. The molecule has 1 aromatic heterocycles. The molecule has 0 bridgehead atoms. The van der Waals surface area contributed by atoms with Gasteiger partial charge in [-0.25, -0.2) is 4.79 Å². The Morgan fingerprint density at radius 1 is 1.38 bits per heavy atom. The molecule has 3 N–H and O–H groups in total. The Labute approximate surface area is 154 Å². The van der Waals surface area contributed by atoms with Gasteiger partial charge in [0.15, 0.2) is 0 Å². The largest absolute Gasteiger partial charge is 0.493 e. The van der Waals surface area contributed by atoms with E-state index in [4.69, 9.17) is 10.5 Å². The number of benzene rings is 1. The molecule has 6 nitrogen and oxygen atoms in total. The van der Waals surface area contributed by atoms with Crippen molar-refractivity contribution in [2.75, 3.05) is 25.4 Å². The fourth-order valence-corrected chi connectivity index (χ4v) is 3.39. The maximum atomic E-state index is 12.1. The number of nitrogens with one attached hydrogen (secondary N) is 1. The van der Waals surface area contributed by atoms with Crippen LogP contribution in [0.2, 0.25) is 0 Å². The summed E-state index contributed by atoms with van der Waals surface area (Å²) in [6.45, 7) is 8.06. The van der Waals surface area contributed by atoms with Gasteiger partial charge in [-0.05, 0) is 57.7 Å². The number of pyridine rings is 1. The lowest BCUT2D eigenvalue weighted by Gasteiger charge is -2.32. The number of fused-ring (bicyclic) bond motifs is 1. The minimum absolute atomic E-state index is 0.0302. The SMILES string of the molecule is Cc1cc(N)c2c(OCC3CCN(C(=O)NC(C)C)CC3)cccc2n1. The van der Waals surface area contributed by atoms with Crippen molar-refractivity contribution in [2.24, 2.45) is 5.92 Å². The molecule has 0 unspecified atom stereocenters. The van der Waals surface area contributed by atoms with Crippen LogP contribution in [0.25, 0.3) is 10.9 Å². The standard InChI is InChI=1S/C20H28N4O2/c1-13(2)22-20(25)24-9-7-15(8-10-24)12-26-18-6-4-5-17-19(18)16(21)11-14(3)23-17/h4-6,11,13,15H,7-10,12H2,1-3H3,(H2,21,23)(H,22,25). The number of rotatable bonds is 4. The van der Waals surface area contributed by atoms with E-state index in [-0.39, 0.29) is 12.1 Å². The molecule has 1 aromatic carbocycles. The third-order valence-electron chi connectivity index (χ3n) is 4.74. The third-order valence-corrected chi connectivity index (χ3v) is 4.74. The van der Waals surface area contributed by atoms with Crippen LogP contribution in [0.3, 0.4) is 0 Å². The number of nitrogen functional groups attached to an aromatic ring is 1. The molecule has 0 aliphatic carbocycles. The highest BCUT2D eigenvalue weighted by Gasteiger charge is 2.23. The smallest absolute Gasteiger partial charge is 0.317 e. The molecule has 1 aliphatic rings. The molecule has 0 radical (unpaired) electrons. The average molecular weight is 356 g/mol. The van der Waals surface area contributed by atoms with Crippen LogP contribution < -0.4 is 15.8 Å². The van der Waals surface area contributed by atoms with Crippen LogP contribution >= 0.6 is 0 Å². The minimum Gasteiger partial charge on any atom is -0.493 e. The van der Waals surface area contributed by atoms with Crippen molar-refractivity contribution in [1.29, 1.82) is 0 Å². The molecule has 0 atom stereocenters. The predicted octanol–water partition coefficient (Wildman–Crippen LogP) is 3.33. The number of carbonyl (C=O) groups excluding carboxylic acids is 1. The maximum Gasteiger partial charge on any atom is 0.317 e. The highest BCUT2D eigenvalue weighted by Crippen LogP contribution is 2.31. The number of nitrogens with zero attached hydrogens (tertiary/aromatic N) is 2. The van der Waals surface area contributed by atoms with Gasteiger partial charge in [0.25, 0.3) is 0 Å². The number of hydrogen-bond acceptors (Lipinski definition) is 4. The number of nitrogens with two attached hydrogens (primary N) is 1. The summed E-state index contributed by atoms with van der Waals surface area (Å²) in [5, 5.41) is 3.83. The van der Waals surface area contributed by atoms with E-state index in [2.05, 4.69) is 10.3 Å². The van der Waals surface area contributed by atoms with E-state index in [1.807, 2.05) is 49.9 Å². The molecule has 0 spiro atoms. The van der Waals surface area contributed by atoms with Crippen molar-refractivity contribution >= 4 is 22.6 Å². The minimum atomic E-state index is 0.0302. The molecule has 2 aromatic rings. The zero-order valence-electron chi connectivity index (χ0n) is 15.8. The van der Waals surface area contributed by atoms with Crippen LogP contribution in [0.1, 0.15) is 32.4 Å². The van der Waals surface area contributed by atoms with Crippen molar-refractivity contribution in [3.63, 3.8) is 0 Å². The highest BCUT2D eigenvalue weighted by molar-refractivity contribution is 5.95. The molecule has 140 valence electrons. The number of aromatic nitrogens is 1. The summed E-state index contributed by atoms with van der Waals surface area (Å²) in [4.78, 5) is 18.5. The summed E-state index contributed by atoms with van der Waals surface area (Å²) < 4.78 is 6.10. The number of carbonyl (C=O) groups is 1. The molecule has 3 rings (SSSR count). The van der Waals surface area contributed by atoms with E-state index in [9.17, 15) is 4.79 Å². The summed E-state index contributed by atoms with van der Waals surface area (Å²) in [6, 6.07) is 7.92. The second kappa shape index (κ2) is 7.81. The van der Waals surface area contributed by atoms with E-state index < -0.39 is 0 Å². The lowest BCUT2D eigenvalue weighted by molar-refractivity contribution is 0.144. The molecule has 1 aliphatic heterocycles. The van der Waals surface area contributed by atoms with Crippen LogP contribution in [-0.2, 0) is 0 Å². The van der Waals surface area contributed by atoms with Gasteiger partial charge in [0, 0.05) is 30.5 Å². The highest BCUT2D eigenvalue weighted by atomic mass is 16.5. The normalized spacial score (nSPS) is 15.5. The third kappa shape index (κ3) is 4.18. The average Bonchev–Trinajstić information content (AvgIpc) is 2.59. The van der Waals surface area contributed by atoms with Gasteiger partial charge in [-0.2, -0.15) is 0 Å². The van der Waals surface area contributed by atoms with Crippen LogP contribution in [-0.4, -0.2) is 41.7 Å². The molecule has 6 heteroatoms. The Morgan fingerprint density at radius 2 is 2.12 bits per heavy atom. The maximum absolute atomic E-state index is 12.1. The lowest BCUT2D eigenvalue weighted by atomic mass is 9.98. The topological polar surface area (TPSA) is 80.5 Å². The van der Waals surface area contributed by atoms with Crippen molar-refractivity contribution in [2.45, 2.75) is 39.7 Å². The Hall–Kier alpha value is -2.50. The van der Waals surface area contributed by atoms with Gasteiger partial charge in [0.05, 0.1) is 17.5 Å². The van der Waals surface area contributed by atoms with Crippen molar-refractivity contribution < 1.29 is 9.53 Å². The number of aryl methyl sites for hydroxylation is 1. The van der Waals surface area contributed by atoms with E-state index in [1.54, 1.807) is 0 Å². The summed E-state index contributed by atoms with van der Waals surface area (Å²) >= 11 is 0. The second-order valence-electron chi connectivity index (χ2n) is 7.35. The van der Waals surface area contributed by atoms with Crippen LogP contribution in [0, 0.1) is 12.8 Å². The summed E-state index contributed by atoms with van der Waals surface area (Å²) in [7, 11) is 0. The molecule has 1 fully saturated rings. The number of likely N-dealkylation sites (tertiary alicyclic amines) is 1. The van der Waals surface area contributed by atoms with Gasteiger partial charge in [-0.15, -0.1) is 0 Å². The van der Waals surface area contributed by atoms with Crippen LogP contribution in [0.5, 0.6) is 5.75 Å². The van der Waals surface area contributed by atoms with Crippen LogP contribution in [0.15, 0.2) is 24.3 Å². The summed E-state index contributed by atoms with van der Waals surface area (Å²) in [5.74, 6) is 1.22. The van der Waals surface area contributed by atoms with Gasteiger partial charge in [0.1, 0.15) is 5.75 Å². The quantitative estimate of drug-likeness (QED) is 0.880. The number of ether oxygens (including phenoxy) is 1. The first-order chi connectivity index (χ1) is 12.4. The van der Waals surface area contributed by atoms with Gasteiger partial charge in [-0.1, -0.05) is 6.07 Å². The molecule has 26 heavy (non-hydrogen) atoms. The molecule has 2 heterocycles. The molecule has 1 saturated heterocycles. The summed E-state index contributed by atoms with van der Waals surface area (Å²) in [6.07, 6.45) is 1.90. The number of hydrogen-bond donors (Lipinski definition) is 2. The fourth-order valence-electron chi connectivity index (χ4n) is 3.39. The van der Waals surface area contributed by atoms with Crippen molar-refractivity contribution in [3.05, 3.63) is 30.0 Å². The van der Waals surface area contributed by atoms with E-state index in [0.29, 0.717) is 18.2 Å². The zero-order valence-corrected chi connectivity index (χ0v) is 15.8.